The summed E-state index contributed by atoms with van der Waals surface area (Å²) in [6.07, 6.45) is 3.89. The molecule has 0 saturated heterocycles. The van der Waals surface area contributed by atoms with E-state index in [1.807, 2.05) is 45.0 Å². The summed E-state index contributed by atoms with van der Waals surface area (Å²) in [5.41, 5.74) is 2.22. The quantitative estimate of drug-likeness (QED) is 0.486. The zero-order valence-corrected chi connectivity index (χ0v) is 18.0. The lowest BCUT2D eigenvalue weighted by molar-refractivity contribution is -0.124. The first kappa shape index (κ1) is 20.7. The average Bonchev–Trinajstić information content (AvgIpc) is 3.18. The number of halogens is 1. The first-order valence-corrected chi connectivity index (χ1v) is 10.2. The molecule has 8 nitrogen and oxygen atoms in total. The van der Waals surface area contributed by atoms with Gasteiger partial charge in [-0.1, -0.05) is 43.6 Å². The number of carbonyl (C=O) groups is 1. The fraction of sp³-hybridized carbons (Fsp3) is 0.227. The van der Waals surface area contributed by atoms with Crippen LogP contribution in [0, 0.1) is 12.8 Å². The molecule has 0 fully saturated rings. The Labute approximate surface area is 184 Å². The molecule has 9 heteroatoms. The lowest BCUT2D eigenvalue weighted by Crippen LogP contribution is -2.37. The van der Waals surface area contributed by atoms with Gasteiger partial charge >= 0.3 is 0 Å². The van der Waals surface area contributed by atoms with Crippen LogP contribution in [0.1, 0.15) is 19.4 Å². The summed E-state index contributed by atoms with van der Waals surface area (Å²) in [4.78, 5) is 25.7. The Kier molecular flexibility index (Phi) is 5.81. The maximum Gasteiger partial charge on any atom is 0.266 e. The third-order valence-corrected chi connectivity index (χ3v) is 4.99. The van der Waals surface area contributed by atoms with Crippen molar-refractivity contribution in [1.82, 2.24) is 24.7 Å². The normalized spacial score (nSPS) is 12.2. The van der Waals surface area contributed by atoms with Gasteiger partial charge in [0.25, 0.3) is 5.91 Å². The molecule has 31 heavy (non-hydrogen) atoms. The monoisotopic (exact) mass is 436 g/mol. The number of aromatic nitrogens is 5. The van der Waals surface area contributed by atoms with Gasteiger partial charge in [-0.3, -0.25) is 4.79 Å². The Balaban J connectivity index is 1.63. The van der Waals surface area contributed by atoms with E-state index in [-0.39, 0.29) is 17.7 Å². The minimum absolute atomic E-state index is 0.117. The zero-order valence-electron chi connectivity index (χ0n) is 17.3. The van der Waals surface area contributed by atoms with E-state index in [9.17, 15) is 4.79 Å². The lowest BCUT2D eigenvalue weighted by atomic mass is 10.1. The summed E-state index contributed by atoms with van der Waals surface area (Å²) >= 11 is 6.32. The molecule has 0 saturated carbocycles. The van der Waals surface area contributed by atoms with Gasteiger partial charge in [-0.05, 0) is 36.6 Å². The molecule has 3 heterocycles. The molecule has 0 radical (unpaired) electrons. The number of fused-ring (bicyclic) bond motifs is 1. The molecule has 0 aliphatic rings. The highest BCUT2D eigenvalue weighted by atomic mass is 35.5. The largest absolute Gasteiger partial charge is 0.463 e. The van der Waals surface area contributed by atoms with Crippen LogP contribution in [-0.4, -0.2) is 36.7 Å². The zero-order chi connectivity index (χ0) is 22.0. The van der Waals surface area contributed by atoms with Crippen LogP contribution in [0.4, 0.5) is 5.82 Å². The molecule has 0 bridgehead atoms. The predicted octanol–water partition coefficient (Wildman–Crippen LogP) is 4.21. The molecule has 158 valence electrons. The number of amides is 1. The molecule has 0 aliphatic heterocycles. The average molecular weight is 437 g/mol. The maximum absolute atomic E-state index is 12.9. The summed E-state index contributed by atoms with van der Waals surface area (Å²) in [5.74, 6) is 0.309. The number of anilines is 1. The molecule has 1 amide bonds. The highest BCUT2D eigenvalue weighted by Gasteiger charge is 2.27. The topological polar surface area (TPSA) is 94.8 Å². The molecule has 4 aromatic rings. The van der Waals surface area contributed by atoms with Crippen LogP contribution in [-0.2, 0) is 4.79 Å². The Morgan fingerprint density at radius 3 is 2.61 bits per heavy atom. The number of hydrogen-bond donors (Lipinski definition) is 1. The van der Waals surface area contributed by atoms with Crippen LogP contribution in [0.2, 0.25) is 5.02 Å². The van der Waals surface area contributed by atoms with Gasteiger partial charge in [-0.25, -0.2) is 19.6 Å². The van der Waals surface area contributed by atoms with E-state index < -0.39 is 6.10 Å². The molecular formula is C22H21ClN6O2. The fourth-order valence-corrected chi connectivity index (χ4v) is 3.28. The number of nitrogens with one attached hydrogen (secondary N) is 1. The van der Waals surface area contributed by atoms with Crippen LogP contribution < -0.4 is 10.1 Å². The number of ether oxygens (including phenoxy) is 1. The van der Waals surface area contributed by atoms with Crippen molar-refractivity contribution in [2.24, 2.45) is 5.92 Å². The molecule has 1 aromatic carbocycles. The van der Waals surface area contributed by atoms with E-state index in [2.05, 4.69) is 25.4 Å². The number of pyridine rings is 1. The van der Waals surface area contributed by atoms with Crippen molar-refractivity contribution in [1.29, 1.82) is 0 Å². The second kappa shape index (κ2) is 8.69. The number of nitrogens with zero attached hydrogens (tertiary/aromatic N) is 5. The summed E-state index contributed by atoms with van der Waals surface area (Å²) < 4.78 is 7.67. The summed E-state index contributed by atoms with van der Waals surface area (Å²) in [5, 5.41) is 8.32. The number of benzene rings is 1. The van der Waals surface area contributed by atoms with E-state index >= 15 is 0 Å². The van der Waals surface area contributed by atoms with Crippen LogP contribution in [0.15, 0.2) is 55.1 Å². The Hall–Kier alpha value is -3.52. The van der Waals surface area contributed by atoms with Crippen LogP contribution in [0.3, 0.4) is 0 Å². The van der Waals surface area contributed by atoms with Crippen molar-refractivity contribution in [2.45, 2.75) is 26.9 Å². The smallest absolute Gasteiger partial charge is 0.266 e. The van der Waals surface area contributed by atoms with Crippen LogP contribution in [0.5, 0.6) is 5.88 Å². The molecule has 0 unspecified atom stereocenters. The van der Waals surface area contributed by atoms with E-state index in [1.54, 1.807) is 29.2 Å². The highest BCUT2D eigenvalue weighted by Crippen LogP contribution is 2.28. The van der Waals surface area contributed by atoms with Gasteiger partial charge in [0.1, 0.15) is 17.5 Å². The summed E-state index contributed by atoms with van der Waals surface area (Å²) in [7, 11) is 0. The van der Waals surface area contributed by atoms with E-state index in [0.29, 0.717) is 27.6 Å². The van der Waals surface area contributed by atoms with Crippen LogP contribution in [0.25, 0.3) is 16.7 Å². The number of hydrogen-bond acceptors (Lipinski definition) is 6. The third kappa shape index (κ3) is 4.34. The second-order valence-corrected chi connectivity index (χ2v) is 7.82. The summed E-state index contributed by atoms with van der Waals surface area (Å²) in [6, 6.07) is 11.0. The molecule has 1 N–H and O–H groups in total. The predicted molar refractivity (Wildman–Crippen MR) is 119 cm³/mol. The number of aryl methyl sites for hydroxylation is 1. The van der Waals surface area contributed by atoms with E-state index in [4.69, 9.17) is 16.3 Å². The number of carbonyl (C=O) groups excluding carboxylic acids is 1. The van der Waals surface area contributed by atoms with Gasteiger partial charge < -0.3 is 10.1 Å². The number of para-hydroxylation sites is 1. The maximum atomic E-state index is 12.9. The van der Waals surface area contributed by atoms with Crippen LogP contribution >= 0.6 is 11.6 Å². The van der Waals surface area contributed by atoms with Gasteiger partial charge in [-0.2, -0.15) is 5.10 Å². The first-order chi connectivity index (χ1) is 14.9. The van der Waals surface area contributed by atoms with Gasteiger partial charge in [0.2, 0.25) is 5.88 Å². The Bertz CT molecular complexity index is 1220. The Morgan fingerprint density at radius 2 is 1.90 bits per heavy atom. The van der Waals surface area contributed by atoms with Gasteiger partial charge in [0, 0.05) is 6.20 Å². The second-order valence-electron chi connectivity index (χ2n) is 7.42. The van der Waals surface area contributed by atoms with E-state index in [0.717, 1.165) is 5.56 Å². The molecule has 3 aromatic heterocycles. The van der Waals surface area contributed by atoms with Crippen molar-refractivity contribution >= 4 is 34.4 Å². The third-order valence-electron chi connectivity index (χ3n) is 4.68. The molecule has 4 rings (SSSR count). The van der Waals surface area contributed by atoms with Gasteiger partial charge in [-0.15, -0.1) is 0 Å². The number of rotatable bonds is 6. The lowest BCUT2D eigenvalue weighted by Gasteiger charge is -2.21. The van der Waals surface area contributed by atoms with Crippen molar-refractivity contribution in [2.75, 3.05) is 5.32 Å². The first-order valence-electron chi connectivity index (χ1n) is 9.78. The van der Waals surface area contributed by atoms with Gasteiger partial charge in [0.15, 0.2) is 11.8 Å². The van der Waals surface area contributed by atoms with Crippen molar-refractivity contribution in [3.63, 3.8) is 0 Å². The van der Waals surface area contributed by atoms with E-state index in [1.165, 1.54) is 6.33 Å². The minimum atomic E-state index is -0.787. The van der Waals surface area contributed by atoms with Crippen molar-refractivity contribution in [3.05, 3.63) is 65.7 Å². The summed E-state index contributed by atoms with van der Waals surface area (Å²) in [6.45, 7) is 5.73. The molecule has 0 aliphatic carbocycles. The van der Waals surface area contributed by atoms with Crippen molar-refractivity contribution < 1.29 is 9.53 Å². The van der Waals surface area contributed by atoms with Gasteiger partial charge in [0.05, 0.1) is 16.9 Å². The highest BCUT2D eigenvalue weighted by molar-refractivity contribution is 6.32. The molecular weight excluding hydrogens is 416 g/mol. The fourth-order valence-electron chi connectivity index (χ4n) is 3.07. The minimum Gasteiger partial charge on any atom is -0.463 e. The standard InChI is InChI=1S/C22H21ClN6O2/c1-13(2)19(21(30)28-18-9-8-14(3)10-24-18)31-22-15-11-27-29(20(15)25-12-26-22)17-7-5-4-6-16(17)23/h4-13,19H,1-3H3,(H,24,28,30)/t19-/m1/s1. The Morgan fingerprint density at radius 1 is 1.10 bits per heavy atom. The molecule has 0 spiro atoms. The molecule has 1 atom stereocenters. The van der Waals surface area contributed by atoms with Crippen molar-refractivity contribution in [3.8, 4) is 11.6 Å². The SMILES string of the molecule is Cc1ccc(NC(=O)[C@H](Oc2ncnc3c2cnn3-c2ccccc2Cl)C(C)C)nc1.